The fourth-order valence-electron chi connectivity index (χ4n) is 6.51. The summed E-state index contributed by atoms with van der Waals surface area (Å²) in [5.41, 5.74) is 2.88. The Kier molecular flexibility index (Phi) is 6.02. The molecule has 4 aliphatic rings. The van der Waals surface area contributed by atoms with Gasteiger partial charge in [-0.05, 0) is 91.9 Å². The standard InChI is InChI=1S/C28H34F2N2O3/c1-16(2)35-25-22(29)12-19(13-23(25)30)18-5-6-21-20(11-18)14-28(3,4)26(21)32(27(33)34)24-15-31-9-7-17(24)8-10-31/h5-6,11-13,16-17,24,26H,7-10,14-15H2,1-4H3,(H,33,34)/t24-,26+/m1/s1. The van der Waals surface area contributed by atoms with E-state index in [1.54, 1.807) is 18.7 Å². The number of nitrogens with zero attached hydrogens (tertiary/aromatic N) is 2. The molecular weight excluding hydrogens is 450 g/mol. The Balaban J connectivity index is 1.50. The van der Waals surface area contributed by atoms with E-state index in [-0.39, 0.29) is 29.4 Å². The number of fused-ring (bicyclic) bond motifs is 4. The highest BCUT2D eigenvalue weighted by Crippen LogP contribution is 2.51. The summed E-state index contributed by atoms with van der Waals surface area (Å²) in [5.74, 6) is -1.42. The first-order valence-electron chi connectivity index (χ1n) is 12.6. The number of ether oxygens (including phenoxy) is 1. The minimum atomic E-state index is -0.872. The highest BCUT2D eigenvalue weighted by atomic mass is 19.1. The van der Waals surface area contributed by atoms with Crippen LogP contribution in [0.15, 0.2) is 30.3 Å². The monoisotopic (exact) mass is 484 g/mol. The van der Waals surface area contributed by atoms with Crippen LogP contribution < -0.4 is 4.74 Å². The molecule has 3 saturated heterocycles. The van der Waals surface area contributed by atoms with Gasteiger partial charge in [-0.3, -0.25) is 4.90 Å². The third-order valence-corrected chi connectivity index (χ3v) is 7.99. The smallest absolute Gasteiger partial charge is 0.408 e. The van der Waals surface area contributed by atoms with Gasteiger partial charge in [-0.2, -0.15) is 0 Å². The molecule has 3 fully saturated rings. The lowest BCUT2D eigenvalue weighted by Crippen LogP contribution is -2.60. The minimum absolute atomic E-state index is 0.0124. The zero-order valence-corrected chi connectivity index (χ0v) is 20.9. The molecule has 0 radical (unpaired) electrons. The van der Waals surface area contributed by atoms with E-state index in [0.29, 0.717) is 23.5 Å². The Morgan fingerprint density at radius 1 is 1.11 bits per heavy atom. The van der Waals surface area contributed by atoms with Crippen molar-refractivity contribution in [2.45, 2.75) is 65.1 Å². The number of hydrogen-bond donors (Lipinski definition) is 1. The quantitative estimate of drug-likeness (QED) is 0.556. The van der Waals surface area contributed by atoms with Crippen LogP contribution in [-0.2, 0) is 6.42 Å². The van der Waals surface area contributed by atoms with Crippen molar-refractivity contribution in [3.63, 3.8) is 0 Å². The van der Waals surface area contributed by atoms with Crippen molar-refractivity contribution in [1.29, 1.82) is 0 Å². The van der Waals surface area contributed by atoms with Crippen molar-refractivity contribution < 1.29 is 23.4 Å². The van der Waals surface area contributed by atoms with Crippen LogP contribution in [-0.4, -0.2) is 52.8 Å². The number of halogens is 2. The van der Waals surface area contributed by atoms with Gasteiger partial charge in [0.2, 0.25) is 0 Å². The number of piperidine rings is 3. The summed E-state index contributed by atoms with van der Waals surface area (Å²) in [5, 5.41) is 10.4. The van der Waals surface area contributed by atoms with Gasteiger partial charge in [-0.1, -0.05) is 32.0 Å². The number of hydrogen-bond acceptors (Lipinski definition) is 3. The van der Waals surface area contributed by atoms with E-state index in [2.05, 4.69) is 18.7 Å². The predicted molar refractivity (Wildman–Crippen MR) is 131 cm³/mol. The second-order valence-corrected chi connectivity index (χ2v) is 11.3. The highest BCUT2D eigenvalue weighted by molar-refractivity contribution is 5.70. The number of benzene rings is 2. The zero-order chi connectivity index (χ0) is 25.1. The molecule has 2 bridgehead atoms. The maximum atomic E-state index is 14.6. The van der Waals surface area contributed by atoms with Crippen LogP contribution in [0.25, 0.3) is 11.1 Å². The average molecular weight is 485 g/mol. The minimum Gasteiger partial charge on any atom is -0.485 e. The largest absolute Gasteiger partial charge is 0.485 e. The summed E-state index contributed by atoms with van der Waals surface area (Å²) < 4.78 is 34.6. The molecule has 3 aliphatic heterocycles. The lowest BCUT2D eigenvalue weighted by molar-refractivity contribution is -0.0267. The first-order valence-corrected chi connectivity index (χ1v) is 12.6. The second-order valence-electron chi connectivity index (χ2n) is 11.3. The summed E-state index contributed by atoms with van der Waals surface area (Å²) in [6, 6.07) is 8.10. The summed E-state index contributed by atoms with van der Waals surface area (Å²) in [6.45, 7) is 10.6. The molecule has 2 atom stereocenters. The fourth-order valence-corrected chi connectivity index (χ4v) is 6.51. The molecule has 2 aromatic rings. The van der Waals surface area contributed by atoms with Crippen molar-refractivity contribution in [2.75, 3.05) is 19.6 Å². The summed E-state index contributed by atoms with van der Waals surface area (Å²) in [7, 11) is 0. The van der Waals surface area contributed by atoms with Gasteiger partial charge in [0, 0.05) is 6.54 Å². The molecule has 188 valence electrons. The Morgan fingerprint density at radius 2 is 1.77 bits per heavy atom. The molecule has 0 saturated carbocycles. The molecule has 0 unspecified atom stereocenters. The number of amides is 1. The molecule has 35 heavy (non-hydrogen) atoms. The van der Waals surface area contributed by atoms with Crippen LogP contribution in [0.2, 0.25) is 0 Å². The predicted octanol–water partition coefficient (Wildman–Crippen LogP) is 6.12. The highest BCUT2D eigenvalue weighted by Gasteiger charge is 2.50. The van der Waals surface area contributed by atoms with E-state index < -0.39 is 17.7 Å². The average Bonchev–Trinajstić information content (AvgIpc) is 3.06. The molecule has 0 spiro atoms. The van der Waals surface area contributed by atoms with Gasteiger partial charge in [-0.15, -0.1) is 0 Å². The summed E-state index contributed by atoms with van der Waals surface area (Å²) >= 11 is 0. The SMILES string of the molecule is CC(C)Oc1c(F)cc(-c2ccc3c(c2)CC(C)(C)[C@H]3N(C(=O)O)[C@@H]2CN3CCC2CC3)cc1F. The van der Waals surface area contributed by atoms with Crippen LogP contribution in [0.3, 0.4) is 0 Å². The Bertz CT molecular complexity index is 1120. The van der Waals surface area contributed by atoms with Gasteiger partial charge in [0.15, 0.2) is 17.4 Å². The normalized spacial score (nSPS) is 26.6. The molecule has 5 nitrogen and oxygen atoms in total. The van der Waals surface area contributed by atoms with Gasteiger partial charge in [0.25, 0.3) is 0 Å². The van der Waals surface area contributed by atoms with Crippen LogP contribution >= 0.6 is 0 Å². The van der Waals surface area contributed by atoms with Crippen molar-refractivity contribution in [2.24, 2.45) is 11.3 Å². The lowest BCUT2D eigenvalue weighted by atomic mass is 9.79. The molecule has 7 heteroatoms. The zero-order valence-electron chi connectivity index (χ0n) is 20.9. The van der Waals surface area contributed by atoms with Gasteiger partial charge >= 0.3 is 6.09 Å². The van der Waals surface area contributed by atoms with Crippen molar-refractivity contribution in [3.05, 3.63) is 53.1 Å². The molecule has 1 aliphatic carbocycles. The van der Waals surface area contributed by atoms with Gasteiger partial charge in [-0.25, -0.2) is 13.6 Å². The van der Waals surface area contributed by atoms with Crippen LogP contribution in [0.1, 0.15) is 57.7 Å². The van der Waals surface area contributed by atoms with E-state index >= 15 is 0 Å². The molecule has 3 heterocycles. The van der Waals surface area contributed by atoms with Crippen molar-refractivity contribution >= 4 is 6.09 Å². The molecule has 1 N–H and O–H groups in total. The Hall–Kier alpha value is -2.67. The topological polar surface area (TPSA) is 53.0 Å². The number of carboxylic acid groups (broad SMARTS) is 1. The number of rotatable bonds is 5. The third-order valence-electron chi connectivity index (χ3n) is 7.99. The second kappa shape index (κ2) is 8.77. The van der Waals surface area contributed by atoms with Gasteiger partial charge in [0.05, 0.1) is 18.2 Å². The Morgan fingerprint density at radius 3 is 2.31 bits per heavy atom. The van der Waals surface area contributed by atoms with E-state index in [0.717, 1.165) is 43.6 Å². The van der Waals surface area contributed by atoms with Crippen LogP contribution in [0.4, 0.5) is 13.6 Å². The maximum Gasteiger partial charge on any atom is 0.408 e. The molecule has 0 aromatic heterocycles. The summed E-state index contributed by atoms with van der Waals surface area (Å²) in [4.78, 5) is 16.7. The van der Waals surface area contributed by atoms with Gasteiger partial charge < -0.3 is 14.7 Å². The lowest BCUT2D eigenvalue weighted by Gasteiger charge is -2.51. The van der Waals surface area contributed by atoms with Crippen molar-refractivity contribution in [1.82, 2.24) is 9.80 Å². The number of carbonyl (C=O) groups is 1. The molecule has 6 rings (SSSR count). The first kappa shape index (κ1) is 24.0. The van der Waals surface area contributed by atoms with Gasteiger partial charge in [0.1, 0.15) is 0 Å². The fraction of sp³-hybridized carbons (Fsp3) is 0.536. The van der Waals surface area contributed by atoms with Crippen LogP contribution in [0, 0.1) is 23.0 Å². The van der Waals surface area contributed by atoms with E-state index in [1.165, 1.54) is 12.1 Å². The molecular formula is C28H34F2N2O3. The summed E-state index contributed by atoms with van der Waals surface area (Å²) in [6.07, 6.45) is 1.58. The molecule has 2 aromatic carbocycles. The van der Waals surface area contributed by atoms with E-state index in [9.17, 15) is 18.7 Å². The van der Waals surface area contributed by atoms with E-state index in [1.807, 2.05) is 18.2 Å². The Labute approximate surface area is 205 Å². The maximum absolute atomic E-state index is 14.6. The van der Waals surface area contributed by atoms with Crippen LogP contribution in [0.5, 0.6) is 5.75 Å². The van der Waals surface area contributed by atoms with Crippen molar-refractivity contribution in [3.8, 4) is 16.9 Å². The first-order chi connectivity index (χ1) is 16.5. The third kappa shape index (κ3) is 4.28. The van der Waals surface area contributed by atoms with E-state index in [4.69, 9.17) is 4.74 Å². The molecule has 1 amide bonds.